The molecule has 1 N–H and O–H groups in total. The maximum atomic E-state index is 13.6. The molecule has 6 nitrogen and oxygen atoms in total. The number of hydrogen-bond donors (Lipinski definition) is 1. The number of anilines is 2. The van der Waals surface area contributed by atoms with Gasteiger partial charge >= 0.3 is 5.97 Å². The normalized spacial score (nSPS) is 29.3. The second kappa shape index (κ2) is 6.08. The summed E-state index contributed by atoms with van der Waals surface area (Å²) < 4.78 is 27.1. The number of piperidine rings is 1. The first kappa shape index (κ1) is 17.0. The molecule has 0 radical (unpaired) electrons. The molecule has 2 aliphatic heterocycles. The van der Waals surface area contributed by atoms with E-state index >= 15 is 0 Å². The Morgan fingerprint density at radius 2 is 2.15 bits per heavy atom. The summed E-state index contributed by atoms with van der Waals surface area (Å²) >= 11 is 0. The minimum absolute atomic E-state index is 0.0385. The molecule has 3 fully saturated rings. The van der Waals surface area contributed by atoms with E-state index in [0.29, 0.717) is 43.1 Å². The summed E-state index contributed by atoms with van der Waals surface area (Å²) in [6.45, 7) is 3.97. The fourth-order valence-electron chi connectivity index (χ4n) is 4.37. The van der Waals surface area contributed by atoms with Crippen molar-refractivity contribution in [1.82, 2.24) is 4.98 Å². The highest BCUT2D eigenvalue weighted by Gasteiger charge is 2.56. The van der Waals surface area contributed by atoms with Crippen LogP contribution in [0, 0.1) is 29.1 Å². The summed E-state index contributed by atoms with van der Waals surface area (Å²) in [5, 5.41) is 18.3. The lowest BCUT2D eigenvalue weighted by Gasteiger charge is -2.40. The van der Waals surface area contributed by atoms with Gasteiger partial charge < -0.3 is 14.9 Å². The summed E-state index contributed by atoms with van der Waals surface area (Å²) in [5.41, 5.74) is -0.308. The van der Waals surface area contributed by atoms with Gasteiger partial charge in [0.15, 0.2) is 0 Å². The van der Waals surface area contributed by atoms with Crippen LogP contribution in [-0.4, -0.2) is 41.7 Å². The summed E-state index contributed by atoms with van der Waals surface area (Å²) in [7, 11) is 0. The molecule has 2 saturated heterocycles. The Morgan fingerprint density at radius 1 is 1.46 bits per heavy atom. The van der Waals surface area contributed by atoms with Crippen molar-refractivity contribution in [2.24, 2.45) is 17.8 Å². The van der Waals surface area contributed by atoms with Gasteiger partial charge in [0.25, 0.3) is 6.43 Å². The zero-order valence-electron chi connectivity index (χ0n) is 14.4. The smallest absolute Gasteiger partial charge is 0.303 e. The second-order valence-corrected chi connectivity index (χ2v) is 7.51. The van der Waals surface area contributed by atoms with E-state index < -0.39 is 12.4 Å². The number of pyridine rings is 1. The molecule has 0 unspecified atom stereocenters. The lowest BCUT2D eigenvalue weighted by molar-refractivity contribution is -0.137. The number of fused-ring (bicyclic) bond motifs is 1. The lowest BCUT2D eigenvalue weighted by Crippen LogP contribution is -2.47. The van der Waals surface area contributed by atoms with E-state index in [2.05, 4.69) is 4.98 Å². The van der Waals surface area contributed by atoms with E-state index in [0.717, 1.165) is 6.42 Å². The first-order chi connectivity index (χ1) is 12.4. The van der Waals surface area contributed by atoms with Crippen LogP contribution >= 0.6 is 0 Å². The number of alkyl halides is 2. The van der Waals surface area contributed by atoms with Crippen molar-refractivity contribution < 1.29 is 18.7 Å². The number of carbonyl (C=O) groups is 1. The van der Waals surface area contributed by atoms with Crippen molar-refractivity contribution in [1.29, 1.82) is 5.26 Å². The van der Waals surface area contributed by atoms with Crippen LogP contribution in [0.4, 0.5) is 20.4 Å². The van der Waals surface area contributed by atoms with E-state index in [1.807, 2.05) is 22.8 Å². The summed E-state index contributed by atoms with van der Waals surface area (Å²) in [5.74, 6) is 0.805. The summed E-state index contributed by atoms with van der Waals surface area (Å²) in [6.07, 6.45) is -1.62. The predicted molar refractivity (Wildman–Crippen MR) is 90.3 cm³/mol. The van der Waals surface area contributed by atoms with Gasteiger partial charge in [0.2, 0.25) is 0 Å². The van der Waals surface area contributed by atoms with Gasteiger partial charge in [-0.05, 0) is 37.2 Å². The number of carboxylic acids is 1. The molecule has 8 heteroatoms. The summed E-state index contributed by atoms with van der Waals surface area (Å²) in [6, 6.07) is 3.42. The Hall–Kier alpha value is -2.43. The third-order valence-electron chi connectivity index (χ3n) is 6.06. The number of aliphatic carboxylic acids is 1. The first-order valence-electron chi connectivity index (χ1n) is 8.87. The van der Waals surface area contributed by atoms with Crippen LogP contribution in [0.25, 0.3) is 0 Å². The van der Waals surface area contributed by atoms with Crippen molar-refractivity contribution in [3.8, 4) is 6.07 Å². The van der Waals surface area contributed by atoms with Crippen LogP contribution in [0.5, 0.6) is 0 Å². The van der Waals surface area contributed by atoms with Crippen LogP contribution in [0.15, 0.2) is 6.07 Å². The zero-order valence-corrected chi connectivity index (χ0v) is 14.4. The third-order valence-corrected chi connectivity index (χ3v) is 6.06. The topological polar surface area (TPSA) is 80.5 Å². The largest absolute Gasteiger partial charge is 0.481 e. The third kappa shape index (κ3) is 2.66. The fraction of sp³-hybridized carbons (Fsp3) is 0.611. The molecule has 26 heavy (non-hydrogen) atoms. The van der Waals surface area contributed by atoms with Crippen molar-refractivity contribution in [2.45, 2.75) is 32.2 Å². The molecule has 4 atom stereocenters. The molecule has 1 saturated carbocycles. The van der Waals surface area contributed by atoms with Gasteiger partial charge in [-0.25, -0.2) is 13.8 Å². The molecule has 1 aromatic rings. The van der Waals surface area contributed by atoms with Crippen LogP contribution in [0.2, 0.25) is 0 Å². The van der Waals surface area contributed by atoms with Crippen molar-refractivity contribution in [3.63, 3.8) is 0 Å². The Bertz CT molecular complexity index is 782. The maximum Gasteiger partial charge on any atom is 0.303 e. The van der Waals surface area contributed by atoms with Crippen LogP contribution < -0.4 is 9.80 Å². The molecule has 0 bridgehead atoms. The number of aromatic nitrogens is 1. The van der Waals surface area contributed by atoms with E-state index in [-0.39, 0.29) is 29.5 Å². The van der Waals surface area contributed by atoms with Gasteiger partial charge in [-0.2, -0.15) is 5.26 Å². The van der Waals surface area contributed by atoms with Gasteiger partial charge in [0.1, 0.15) is 23.3 Å². The van der Waals surface area contributed by atoms with Crippen molar-refractivity contribution in [2.75, 3.05) is 29.4 Å². The molecule has 138 valence electrons. The number of nitrogens with zero attached hydrogens (tertiary/aromatic N) is 4. The van der Waals surface area contributed by atoms with Gasteiger partial charge in [0.05, 0.1) is 0 Å². The van der Waals surface area contributed by atoms with Crippen LogP contribution in [-0.2, 0) is 4.79 Å². The predicted octanol–water partition coefficient (Wildman–Crippen LogP) is 2.65. The highest BCUT2D eigenvalue weighted by Crippen LogP contribution is 2.54. The fourth-order valence-corrected chi connectivity index (χ4v) is 4.37. The Labute approximate surface area is 150 Å². The summed E-state index contributed by atoms with van der Waals surface area (Å²) in [4.78, 5) is 19.3. The molecular weight excluding hydrogens is 342 g/mol. The average molecular weight is 362 g/mol. The molecule has 4 rings (SSSR count). The van der Waals surface area contributed by atoms with Crippen LogP contribution in [0.3, 0.4) is 0 Å². The van der Waals surface area contributed by atoms with E-state index in [9.17, 15) is 18.8 Å². The minimum Gasteiger partial charge on any atom is -0.481 e. The molecule has 0 amide bonds. The van der Waals surface area contributed by atoms with Crippen molar-refractivity contribution >= 4 is 17.6 Å². The monoisotopic (exact) mass is 362 g/mol. The molecule has 1 aromatic heterocycles. The minimum atomic E-state index is -2.74. The SMILES string of the molecule is C[C@H]1CCN1c1nc(N2C[C@@H]3[C@@H](CC(=O)O)[C@@H]3C2)cc(C(F)F)c1C#N. The Morgan fingerprint density at radius 3 is 2.62 bits per heavy atom. The van der Waals surface area contributed by atoms with Gasteiger partial charge in [0, 0.05) is 37.7 Å². The van der Waals surface area contributed by atoms with Gasteiger partial charge in [-0.15, -0.1) is 0 Å². The molecule has 3 heterocycles. The zero-order chi connectivity index (χ0) is 18.6. The molecule has 3 aliphatic rings. The van der Waals surface area contributed by atoms with Crippen molar-refractivity contribution in [3.05, 3.63) is 17.2 Å². The number of rotatable bonds is 5. The quantitative estimate of drug-likeness (QED) is 0.867. The van der Waals surface area contributed by atoms with E-state index in [1.54, 1.807) is 0 Å². The maximum absolute atomic E-state index is 13.6. The van der Waals surface area contributed by atoms with E-state index in [4.69, 9.17) is 5.11 Å². The molecule has 0 spiro atoms. The van der Waals surface area contributed by atoms with Crippen LogP contribution in [0.1, 0.15) is 37.3 Å². The molecule has 0 aromatic carbocycles. The standard InChI is InChI=1S/C18H20F2N4O2/c1-9-2-3-24(9)18-12(6-21)11(17(19)20)4-15(22-18)23-7-13-10(5-16(25)26)14(13)8-23/h4,9-10,13-14,17H,2-3,5,7-8H2,1H3,(H,25,26)/t9-,10-,13-,14+/m0/s1. The Kier molecular flexibility index (Phi) is 3.98. The Balaban J connectivity index is 1.62. The molecule has 1 aliphatic carbocycles. The number of hydrogen-bond acceptors (Lipinski definition) is 5. The first-order valence-corrected chi connectivity index (χ1v) is 8.87. The number of nitriles is 1. The van der Waals surface area contributed by atoms with Gasteiger partial charge in [-0.1, -0.05) is 0 Å². The van der Waals surface area contributed by atoms with Gasteiger partial charge in [-0.3, -0.25) is 4.79 Å². The highest BCUT2D eigenvalue weighted by molar-refractivity contribution is 5.68. The second-order valence-electron chi connectivity index (χ2n) is 7.51. The number of carboxylic acid groups (broad SMARTS) is 1. The van der Waals surface area contributed by atoms with E-state index in [1.165, 1.54) is 6.07 Å². The average Bonchev–Trinajstić information content (AvgIpc) is 3.02. The lowest BCUT2D eigenvalue weighted by atomic mass is 10.0. The molecular formula is C18H20F2N4O2. The number of halogens is 2. The highest BCUT2D eigenvalue weighted by atomic mass is 19.3.